The van der Waals surface area contributed by atoms with Crippen LogP contribution in [0.25, 0.3) is 0 Å². The molecule has 0 saturated heterocycles. The van der Waals surface area contributed by atoms with Gasteiger partial charge in [0.1, 0.15) is 0 Å². The lowest BCUT2D eigenvalue weighted by atomic mass is 10.3. The maximum Gasteiger partial charge on any atom is 0.157 e. The normalized spacial score (nSPS) is 15.3. The van der Waals surface area contributed by atoms with Crippen LogP contribution in [0.3, 0.4) is 0 Å². The van der Waals surface area contributed by atoms with Crippen molar-refractivity contribution in [3.8, 4) is 0 Å². The number of allylic oxidation sites excluding steroid dienone is 2. The molecule has 1 aromatic rings. The molecule has 0 amide bonds. The molecule has 0 fully saturated rings. The molecule has 1 N–H and O–H groups in total. The second kappa shape index (κ2) is 4.25. The number of benzene rings is 1. The van der Waals surface area contributed by atoms with Gasteiger partial charge in [0.2, 0.25) is 0 Å². The molecule has 78 valence electrons. The number of ketones is 1. The third-order valence-corrected chi connectivity index (χ3v) is 2.75. The quantitative estimate of drug-likeness (QED) is 0.857. The Bertz CT molecular complexity index is 440. The first-order valence-electron chi connectivity index (χ1n) is 4.60. The van der Waals surface area contributed by atoms with Crippen LogP contribution in [-0.2, 0) is 4.79 Å². The largest absolute Gasteiger partial charge is 0.358 e. The van der Waals surface area contributed by atoms with E-state index in [4.69, 9.17) is 23.2 Å². The lowest BCUT2D eigenvalue weighted by Gasteiger charge is -2.08. The van der Waals surface area contributed by atoms with E-state index in [-0.39, 0.29) is 5.78 Å². The molecule has 0 atom stereocenters. The second-order valence-electron chi connectivity index (χ2n) is 3.39. The van der Waals surface area contributed by atoms with E-state index < -0.39 is 0 Å². The molecule has 0 bridgehead atoms. The molecule has 1 aliphatic rings. The third kappa shape index (κ3) is 2.52. The Labute approximate surface area is 97.9 Å². The van der Waals surface area contributed by atoms with E-state index in [9.17, 15) is 4.79 Å². The zero-order valence-corrected chi connectivity index (χ0v) is 9.40. The number of halogens is 2. The monoisotopic (exact) mass is 241 g/mol. The van der Waals surface area contributed by atoms with Crippen LogP contribution in [0.1, 0.15) is 12.8 Å². The standard InChI is InChI=1S/C11H9Cl2NO/c12-7-1-4-11(10(13)5-7)14-8-2-3-9(15)6-8/h1,4-6,14H,2-3H2. The van der Waals surface area contributed by atoms with Crippen molar-refractivity contribution in [1.29, 1.82) is 0 Å². The van der Waals surface area contributed by atoms with Crippen molar-refractivity contribution < 1.29 is 4.79 Å². The Kier molecular flexibility index (Phi) is 2.98. The molecule has 0 aliphatic heterocycles. The van der Waals surface area contributed by atoms with Gasteiger partial charge in [0.05, 0.1) is 10.7 Å². The van der Waals surface area contributed by atoms with E-state index >= 15 is 0 Å². The Hall–Kier alpha value is -0.990. The predicted octanol–water partition coefficient (Wildman–Crippen LogP) is 3.65. The van der Waals surface area contributed by atoms with Gasteiger partial charge in [-0.05, 0) is 24.6 Å². The van der Waals surface area contributed by atoms with Gasteiger partial charge in [0.15, 0.2) is 5.78 Å². The fourth-order valence-electron chi connectivity index (χ4n) is 1.46. The number of hydrogen-bond donors (Lipinski definition) is 1. The van der Waals surface area contributed by atoms with Gasteiger partial charge in [0, 0.05) is 23.2 Å². The van der Waals surface area contributed by atoms with Crippen LogP contribution in [0.15, 0.2) is 30.0 Å². The average molecular weight is 242 g/mol. The molecular weight excluding hydrogens is 233 g/mol. The minimum atomic E-state index is 0.155. The first-order valence-corrected chi connectivity index (χ1v) is 5.36. The number of carbonyl (C=O) groups is 1. The summed E-state index contributed by atoms with van der Waals surface area (Å²) in [5.41, 5.74) is 1.69. The average Bonchev–Trinajstić information content (AvgIpc) is 2.56. The summed E-state index contributed by atoms with van der Waals surface area (Å²) in [6.45, 7) is 0. The fourth-order valence-corrected chi connectivity index (χ4v) is 1.91. The summed E-state index contributed by atoms with van der Waals surface area (Å²) in [4.78, 5) is 11.0. The van der Waals surface area contributed by atoms with E-state index in [1.807, 2.05) is 0 Å². The summed E-state index contributed by atoms with van der Waals surface area (Å²) in [6.07, 6.45) is 2.94. The van der Waals surface area contributed by atoms with Gasteiger partial charge in [-0.2, -0.15) is 0 Å². The fraction of sp³-hybridized carbons (Fsp3) is 0.182. The van der Waals surface area contributed by atoms with Crippen molar-refractivity contribution in [2.24, 2.45) is 0 Å². The number of hydrogen-bond acceptors (Lipinski definition) is 2. The van der Waals surface area contributed by atoms with E-state index in [0.29, 0.717) is 16.5 Å². The predicted molar refractivity (Wildman–Crippen MR) is 62.4 cm³/mol. The van der Waals surface area contributed by atoms with Crippen LogP contribution in [0, 0.1) is 0 Å². The molecular formula is C11H9Cl2NO. The molecule has 4 heteroatoms. The van der Waals surface area contributed by atoms with Gasteiger partial charge in [0.25, 0.3) is 0 Å². The second-order valence-corrected chi connectivity index (χ2v) is 4.23. The van der Waals surface area contributed by atoms with Crippen LogP contribution < -0.4 is 5.32 Å². The van der Waals surface area contributed by atoms with Crippen molar-refractivity contribution >= 4 is 34.7 Å². The minimum absolute atomic E-state index is 0.155. The first-order chi connectivity index (χ1) is 7.15. The lowest BCUT2D eigenvalue weighted by molar-refractivity contribution is -0.114. The zero-order valence-electron chi connectivity index (χ0n) is 7.89. The molecule has 1 aromatic carbocycles. The van der Waals surface area contributed by atoms with E-state index in [1.54, 1.807) is 24.3 Å². The Morgan fingerprint density at radius 2 is 2.00 bits per heavy atom. The minimum Gasteiger partial charge on any atom is -0.358 e. The van der Waals surface area contributed by atoms with E-state index in [1.165, 1.54) is 0 Å². The number of anilines is 1. The van der Waals surface area contributed by atoms with Crippen molar-refractivity contribution in [1.82, 2.24) is 0 Å². The Morgan fingerprint density at radius 1 is 1.20 bits per heavy atom. The summed E-state index contributed by atoms with van der Waals surface area (Å²) < 4.78 is 0. The van der Waals surface area contributed by atoms with Crippen LogP contribution in [0.5, 0.6) is 0 Å². The van der Waals surface area contributed by atoms with Crippen molar-refractivity contribution in [2.75, 3.05) is 5.32 Å². The Balaban J connectivity index is 2.18. The van der Waals surface area contributed by atoms with Crippen molar-refractivity contribution in [2.45, 2.75) is 12.8 Å². The molecule has 0 heterocycles. The first kappa shape index (κ1) is 10.5. The highest BCUT2D eigenvalue weighted by molar-refractivity contribution is 6.36. The molecule has 0 aromatic heterocycles. The Morgan fingerprint density at radius 3 is 2.60 bits per heavy atom. The topological polar surface area (TPSA) is 29.1 Å². The van der Waals surface area contributed by atoms with Crippen molar-refractivity contribution in [3.63, 3.8) is 0 Å². The number of carbonyl (C=O) groups excluding carboxylic acids is 1. The molecule has 0 unspecified atom stereocenters. The highest BCUT2D eigenvalue weighted by Crippen LogP contribution is 2.28. The lowest BCUT2D eigenvalue weighted by Crippen LogP contribution is -1.96. The molecule has 0 spiro atoms. The molecule has 2 rings (SSSR count). The molecule has 15 heavy (non-hydrogen) atoms. The van der Waals surface area contributed by atoms with Gasteiger partial charge >= 0.3 is 0 Å². The van der Waals surface area contributed by atoms with Crippen LogP contribution in [0.2, 0.25) is 10.0 Å². The molecule has 1 aliphatic carbocycles. The molecule has 0 saturated carbocycles. The van der Waals surface area contributed by atoms with Gasteiger partial charge in [-0.1, -0.05) is 23.2 Å². The SMILES string of the molecule is O=C1C=C(Nc2ccc(Cl)cc2Cl)CC1. The summed E-state index contributed by atoms with van der Waals surface area (Å²) in [7, 11) is 0. The van der Waals surface area contributed by atoms with Gasteiger partial charge < -0.3 is 5.32 Å². The number of nitrogens with one attached hydrogen (secondary N) is 1. The van der Waals surface area contributed by atoms with Gasteiger partial charge in [-0.15, -0.1) is 0 Å². The zero-order chi connectivity index (χ0) is 10.8. The maximum atomic E-state index is 11.0. The maximum absolute atomic E-state index is 11.0. The third-order valence-electron chi connectivity index (χ3n) is 2.20. The highest BCUT2D eigenvalue weighted by atomic mass is 35.5. The summed E-state index contributed by atoms with van der Waals surface area (Å²) in [6, 6.07) is 5.23. The van der Waals surface area contributed by atoms with E-state index in [0.717, 1.165) is 17.8 Å². The summed E-state index contributed by atoms with van der Waals surface area (Å²) in [5.74, 6) is 0.155. The van der Waals surface area contributed by atoms with Crippen LogP contribution in [-0.4, -0.2) is 5.78 Å². The molecule has 2 nitrogen and oxygen atoms in total. The van der Waals surface area contributed by atoms with Gasteiger partial charge in [-0.25, -0.2) is 0 Å². The summed E-state index contributed by atoms with van der Waals surface area (Å²) >= 11 is 11.8. The van der Waals surface area contributed by atoms with Crippen LogP contribution in [0.4, 0.5) is 5.69 Å². The smallest absolute Gasteiger partial charge is 0.157 e. The highest BCUT2D eigenvalue weighted by Gasteiger charge is 2.12. The van der Waals surface area contributed by atoms with Crippen LogP contribution >= 0.6 is 23.2 Å². The van der Waals surface area contributed by atoms with Crippen molar-refractivity contribution in [3.05, 3.63) is 40.0 Å². The summed E-state index contributed by atoms with van der Waals surface area (Å²) in [5, 5.41) is 4.27. The molecule has 0 radical (unpaired) electrons. The van der Waals surface area contributed by atoms with E-state index in [2.05, 4.69) is 5.32 Å². The number of rotatable bonds is 2. The van der Waals surface area contributed by atoms with Gasteiger partial charge in [-0.3, -0.25) is 4.79 Å².